The van der Waals surface area contributed by atoms with Crippen LogP contribution in [0.25, 0.3) is 0 Å². The Balaban J connectivity index is 1.24. The third-order valence-electron chi connectivity index (χ3n) is 6.07. The third kappa shape index (κ3) is 3.92. The summed E-state index contributed by atoms with van der Waals surface area (Å²) in [7, 11) is 0. The minimum Gasteiger partial charge on any atom is -0.454 e. The lowest BCUT2D eigenvalue weighted by atomic mass is 9.98. The van der Waals surface area contributed by atoms with Gasteiger partial charge in [0.2, 0.25) is 5.91 Å². The number of halogens is 2. The fourth-order valence-electron chi connectivity index (χ4n) is 4.46. The van der Waals surface area contributed by atoms with Crippen LogP contribution < -0.4 is 10.1 Å². The molecule has 3 N–H and O–H groups in total. The van der Waals surface area contributed by atoms with Gasteiger partial charge in [-0.3, -0.25) is 9.69 Å². The standard InChI is InChI=1S/C24H22F2N2O4/c25-17-3-4-19(26)22(9-17)32-18-8-16-11-28(13-24(16,31)10-18)12-21(29)15-1-5-20-14(7-15)2-6-23(30)27-20/h1,3-5,7-10,21,29,31H,2,6,11-13H2,(H,27,30)/t21-,24+/m1/s1. The van der Waals surface area contributed by atoms with Crippen molar-refractivity contribution in [3.8, 4) is 5.75 Å². The van der Waals surface area contributed by atoms with Gasteiger partial charge in [-0.15, -0.1) is 0 Å². The van der Waals surface area contributed by atoms with Crippen LogP contribution in [-0.2, 0) is 11.2 Å². The quantitative estimate of drug-likeness (QED) is 0.666. The Bertz CT molecular complexity index is 1160. The SMILES string of the molecule is O=C1CCc2cc([C@H](O)CN3CC4=CC(Oc5cc(F)ccc5F)=C[C@]4(O)C3)ccc2N1. The van der Waals surface area contributed by atoms with Crippen LogP contribution in [0.1, 0.15) is 23.7 Å². The lowest BCUT2D eigenvalue weighted by molar-refractivity contribution is -0.116. The van der Waals surface area contributed by atoms with Crippen LogP contribution in [-0.4, -0.2) is 46.3 Å². The van der Waals surface area contributed by atoms with Gasteiger partial charge in [0.25, 0.3) is 0 Å². The van der Waals surface area contributed by atoms with Crippen molar-refractivity contribution in [2.75, 3.05) is 25.0 Å². The van der Waals surface area contributed by atoms with Gasteiger partial charge in [0.1, 0.15) is 17.2 Å². The summed E-state index contributed by atoms with van der Waals surface area (Å²) in [6, 6.07) is 8.45. The summed E-state index contributed by atoms with van der Waals surface area (Å²) >= 11 is 0. The van der Waals surface area contributed by atoms with E-state index in [2.05, 4.69) is 5.32 Å². The van der Waals surface area contributed by atoms with Crippen molar-refractivity contribution < 1.29 is 28.5 Å². The van der Waals surface area contributed by atoms with Crippen molar-refractivity contribution in [2.24, 2.45) is 0 Å². The molecule has 3 aliphatic rings. The van der Waals surface area contributed by atoms with E-state index in [-0.39, 0.29) is 24.0 Å². The van der Waals surface area contributed by atoms with E-state index in [1.165, 1.54) is 6.08 Å². The van der Waals surface area contributed by atoms with Gasteiger partial charge in [-0.2, -0.15) is 0 Å². The maximum absolute atomic E-state index is 13.8. The van der Waals surface area contributed by atoms with Crippen LogP contribution in [0.15, 0.2) is 59.9 Å². The summed E-state index contributed by atoms with van der Waals surface area (Å²) in [6.45, 7) is 0.965. The maximum atomic E-state index is 13.8. The van der Waals surface area contributed by atoms with Gasteiger partial charge in [0, 0.05) is 37.8 Å². The van der Waals surface area contributed by atoms with E-state index in [1.807, 2.05) is 11.0 Å². The highest BCUT2D eigenvalue weighted by atomic mass is 19.1. The van der Waals surface area contributed by atoms with Crippen LogP contribution in [0.5, 0.6) is 5.75 Å². The molecule has 0 bridgehead atoms. The molecule has 1 saturated heterocycles. The second-order valence-corrected chi connectivity index (χ2v) is 8.47. The zero-order chi connectivity index (χ0) is 22.5. The summed E-state index contributed by atoms with van der Waals surface area (Å²) in [4.78, 5) is 13.4. The summed E-state index contributed by atoms with van der Waals surface area (Å²) < 4.78 is 32.7. The van der Waals surface area contributed by atoms with Gasteiger partial charge < -0.3 is 20.3 Å². The highest BCUT2D eigenvalue weighted by molar-refractivity contribution is 5.93. The Morgan fingerprint density at radius 3 is 2.84 bits per heavy atom. The first kappa shape index (κ1) is 20.8. The molecule has 0 aromatic heterocycles. The minimum atomic E-state index is -1.28. The molecule has 2 atom stereocenters. The number of nitrogens with zero attached hydrogens (tertiary/aromatic N) is 1. The normalized spacial score (nSPS) is 23.2. The Kier molecular flexibility index (Phi) is 5.08. The lowest BCUT2D eigenvalue weighted by Crippen LogP contribution is -2.33. The summed E-state index contributed by atoms with van der Waals surface area (Å²) in [6.07, 6.45) is 3.41. The van der Waals surface area contributed by atoms with Gasteiger partial charge >= 0.3 is 0 Å². The van der Waals surface area contributed by atoms with Crippen molar-refractivity contribution in [2.45, 2.75) is 24.5 Å². The minimum absolute atomic E-state index is 0.00698. The zero-order valence-corrected chi connectivity index (χ0v) is 17.1. The molecule has 0 spiro atoms. The number of aliphatic hydroxyl groups is 2. The number of carbonyl (C=O) groups excluding carboxylic acids is 1. The fourth-order valence-corrected chi connectivity index (χ4v) is 4.46. The molecule has 1 amide bonds. The van der Waals surface area contributed by atoms with Crippen LogP contribution in [0, 0.1) is 11.6 Å². The molecule has 8 heteroatoms. The van der Waals surface area contributed by atoms with Crippen LogP contribution in [0.2, 0.25) is 0 Å². The number of likely N-dealkylation sites (tertiary alicyclic amines) is 1. The molecule has 1 fully saturated rings. The van der Waals surface area contributed by atoms with E-state index < -0.39 is 23.3 Å². The highest BCUT2D eigenvalue weighted by Crippen LogP contribution is 2.37. The summed E-state index contributed by atoms with van der Waals surface area (Å²) in [5.74, 6) is -1.30. The average Bonchev–Trinajstić information content (AvgIpc) is 3.20. The number of ether oxygens (including phenoxy) is 1. The van der Waals surface area contributed by atoms with Crippen LogP contribution in [0.4, 0.5) is 14.5 Å². The topological polar surface area (TPSA) is 82.0 Å². The molecule has 1 aliphatic carbocycles. The van der Waals surface area contributed by atoms with Crippen LogP contribution >= 0.6 is 0 Å². The molecule has 2 aromatic carbocycles. The molecule has 0 unspecified atom stereocenters. The van der Waals surface area contributed by atoms with Gasteiger partial charge in [0.15, 0.2) is 11.6 Å². The van der Waals surface area contributed by atoms with Gasteiger partial charge in [-0.25, -0.2) is 8.78 Å². The number of hydrogen-bond donors (Lipinski definition) is 3. The number of carbonyl (C=O) groups is 1. The van der Waals surface area contributed by atoms with Crippen molar-refractivity contribution in [3.05, 3.63) is 82.6 Å². The van der Waals surface area contributed by atoms with Gasteiger partial charge in [-0.05, 0) is 53.5 Å². The predicted molar refractivity (Wildman–Crippen MR) is 113 cm³/mol. The molecule has 2 heterocycles. The molecule has 32 heavy (non-hydrogen) atoms. The van der Waals surface area contributed by atoms with E-state index in [0.29, 0.717) is 31.5 Å². The number of rotatable bonds is 5. The van der Waals surface area contributed by atoms with E-state index in [0.717, 1.165) is 35.0 Å². The van der Waals surface area contributed by atoms with Gasteiger partial charge in [0.05, 0.1) is 6.10 Å². The number of aliphatic hydroxyl groups excluding tert-OH is 1. The lowest BCUT2D eigenvalue weighted by Gasteiger charge is -2.23. The number of allylic oxidation sites excluding steroid dienone is 1. The number of nitrogens with one attached hydrogen (secondary N) is 1. The highest BCUT2D eigenvalue weighted by Gasteiger charge is 2.43. The first-order chi connectivity index (χ1) is 15.3. The Labute approximate surface area is 183 Å². The van der Waals surface area contributed by atoms with Crippen molar-refractivity contribution in [1.82, 2.24) is 4.90 Å². The monoisotopic (exact) mass is 440 g/mol. The predicted octanol–water partition coefficient (Wildman–Crippen LogP) is 2.83. The van der Waals surface area contributed by atoms with Crippen molar-refractivity contribution in [3.63, 3.8) is 0 Å². The number of amides is 1. The summed E-state index contributed by atoms with van der Waals surface area (Å²) in [5, 5.41) is 24.5. The molecular weight excluding hydrogens is 418 g/mol. The number of hydrogen-bond acceptors (Lipinski definition) is 5. The van der Waals surface area contributed by atoms with E-state index >= 15 is 0 Å². The van der Waals surface area contributed by atoms with Crippen molar-refractivity contribution >= 4 is 11.6 Å². The Morgan fingerprint density at radius 2 is 2.03 bits per heavy atom. The fraction of sp³-hybridized carbons (Fsp3) is 0.292. The average molecular weight is 440 g/mol. The smallest absolute Gasteiger partial charge is 0.224 e. The van der Waals surface area contributed by atoms with Crippen LogP contribution in [0.3, 0.4) is 0 Å². The molecular formula is C24H22F2N2O4. The Morgan fingerprint density at radius 1 is 1.19 bits per heavy atom. The summed E-state index contributed by atoms with van der Waals surface area (Å²) in [5.41, 5.74) is 1.91. The zero-order valence-electron chi connectivity index (χ0n) is 17.1. The molecule has 2 aromatic rings. The molecule has 2 aliphatic heterocycles. The third-order valence-corrected chi connectivity index (χ3v) is 6.07. The second-order valence-electron chi connectivity index (χ2n) is 8.47. The Hall–Kier alpha value is -3.07. The van der Waals surface area contributed by atoms with E-state index in [4.69, 9.17) is 4.74 Å². The van der Waals surface area contributed by atoms with E-state index in [9.17, 15) is 23.8 Å². The number of anilines is 1. The number of β-amino-alcohol motifs (C(OH)–C–C–N with tert-alkyl or cyclic N) is 2. The molecule has 0 radical (unpaired) electrons. The number of aryl methyl sites for hydroxylation is 1. The molecule has 166 valence electrons. The number of fused-ring (bicyclic) bond motifs is 2. The molecule has 5 rings (SSSR count). The molecule has 6 nitrogen and oxygen atoms in total. The number of benzene rings is 2. The van der Waals surface area contributed by atoms with Crippen molar-refractivity contribution in [1.29, 1.82) is 0 Å². The largest absolute Gasteiger partial charge is 0.454 e. The van der Waals surface area contributed by atoms with E-state index in [1.54, 1.807) is 18.2 Å². The first-order valence-electron chi connectivity index (χ1n) is 10.4. The van der Waals surface area contributed by atoms with Gasteiger partial charge in [-0.1, -0.05) is 12.1 Å². The maximum Gasteiger partial charge on any atom is 0.224 e. The molecule has 0 saturated carbocycles. The second kappa shape index (κ2) is 7.81. The first-order valence-corrected chi connectivity index (χ1v) is 10.4.